The molecule has 2 aromatic rings. The smallest absolute Gasteiger partial charge is 0.276 e. The fourth-order valence-electron chi connectivity index (χ4n) is 2.03. The molecule has 0 fully saturated rings. The largest absolute Gasteiger partial charge is 0.356 e. The number of rotatable bonds is 5. The Morgan fingerprint density at radius 1 is 1.18 bits per heavy atom. The molecule has 0 saturated carbocycles. The van der Waals surface area contributed by atoms with E-state index in [1.165, 1.54) is 0 Å². The Morgan fingerprint density at radius 2 is 1.91 bits per heavy atom. The van der Waals surface area contributed by atoms with E-state index in [9.17, 15) is 4.79 Å². The molecule has 2 rings (SSSR count). The number of anilines is 2. The van der Waals surface area contributed by atoms with Gasteiger partial charge in [-0.05, 0) is 50.6 Å². The quantitative estimate of drug-likeness (QED) is 0.881. The number of amides is 1. The molecule has 116 valence electrons. The molecule has 1 amide bonds. The van der Waals surface area contributed by atoms with Crippen molar-refractivity contribution < 1.29 is 4.79 Å². The van der Waals surface area contributed by atoms with Gasteiger partial charge in [-0.2, -0.15) is 0 Å². The van der Waals surface area contributed by atoms with Crippen LogP contribution in [0.1, 0.15) is 29.9 Å². The van der Waals surface area contributed by atoms with Crippen LogP contribution in [0.15, 0.2) is 34.8 Å². The average molecular weight is 363 g/mol. The highest BCUT2D eigenvalue weighted by Crippen LogP contribution is 2.21. The third-order valence-corrected chi connectivity index (χ3v) is 4.25. The van der Waals surface area contributed by atoms with Gasteiger partial charge in [0.2, 0.25) is 0 Å². The molecule has 5 nitrogen and oxygen atoms in total. The van der Waals surface area contributed by atoms with E-state index in [-0.39, 0.29) is 5.91 Å². The van der Waals surface area contributed by atoms with Crippen molar-refractivity contribution in [2.24, 2.45) is 0 Å². The van der Waals surface area contributed by atoms with Crippen molar-refractivity contribution in [1.29, 1.82) is 0 Å². The zero-order valence-corrected chi connectivity index (χ0v) is 14.5. The van der Waals surface area contributed by atoms with Crippen LogP contribution in [0.2, 0.25) is 0 Å². The maximum absolute atomic E-state index is 12.2. The van der Waals surface area contributed by atoms with Gasteiger partial charge in [-0.1, -0.05) is 22.0 Å². The van der Waals surface area contributed by atoms with Crippen LogP contribution in [0.3, 0.4) is 0 Å². The van der Waals surface area contributed by atoms with E-state index in [4.69, 9.17) is 0 Å². The summed E-state index contributed by atoms with van der Waals surface area (Å²) in [5, 5.41) is 11.0. The minimum absolute atomic E-state index is 0.269. The molecule has 0 aliphatic carbocycles. The van der Waals surface area contributed by atoms with E-state index < -0.39 is 0 Å². The molecule has 0 unspecified atom stereocenters. The van der Waals surface area contributed by atoms with Crippen molar-refractivity contribution in [1.82, 2.24) is 10.2 Å². The van der Waals surface area contributed by atoms with Crippen molar-refractivity contribution in [2.45, 2.75) is 20.8 Å². The predicted molar refractivity (Wildman–Crippen MR) is 92.4 cm³/mol. The van der Waals surface area contributed by atoms with Crippen LogP contribution < -0.4 is 10.2 Å². The van der Waals surface area contributed by atoms with Gasteiger partial charge < -0.3 is 10.2 Å². The van der Waals surface area contributed by atoms with Gasteiger partial charge in [-0.25, -0.2) is 0 Å². The first-order chi connectivity index (χ1) is 10.5. The van der Waals surface area contributed by atoms with Crippen LogP contribution in [0.25, 0.3) is 0 Å². The van der Waals surface area contributed by atoms with E-state index in [1.807, 2.05) is 31.2 Å². The molecule has 0 radical (unpaired) electrons. The van der Waals surface area contributed by atoms with E-state index in [0.717, 1.165) is 34.6 Å². The zero-order chi connectivity index (χ0) is 16.1. The number of aromatic nitrogens is 2. The standard InChI is InChI=1S/C16H19BrN4O/c1-4-21(5-2)15-9-8-14(19-20-15)16(22)18-12-7-6-11(3)13(17)10-12/h6-10H,4-5H2,1-3H3,(H,18,22). The fourth-order valence-corrected chi connectivity index (χ4v) is 2.41. The molecule has 0 atom stereocenters. The van der Waals surface area contributed by atoms with Crippen molar-refractivity contribution in [2.75, 3.05) is 23.3 Å². The topological polar surface area (TPSA) is 58.1 Å². The molecule has 1 N–H and O–H groups in total. The lowest BCUT2D eigenvalue weighted by atomic mass is 10.2. The van der Waals surface area contributed by atoms with Crippen LogP contribution >= 0.6 is 15.9 Å². The first-order valence-corrected chi connectivity index (χ1v) is 8.00. The summed E-state index contributed by atoms with van der Waals surface area (Å²) in [6.45, 7) is 7.82. The van der Waals surface area contributed by atoms with Crippen molar-refractivity contribution in [3.05, 3.63) is 46.1 Å². The summed E-state index contributed by atoms with van der Waals surface area (Å²) < 4.78 is 0.952. The minimum atomic E-state index is -0.269. The monoisotopic (exact) mass is 362 g/mol. The number of carbonyl (C=O) groups is 1. The zero-order valence-electron chi connectivity index (χ0n) is 12.9. The number of halogens is 1. The lowest BCUT2D eigenvalue weighted by molar-refractivity contribution is 0.102. The highest BCUT2D eigenvalue weighted by molar-refractivity contribution is 9.10. The third kappa shape index (κ3) is 3.82. The molecule has 0 saturated heterocycles. The Bertz CT molecular complexity index is 654. The third-order valence-electron chi connectivity index (χ3n) is 3.40. The van der Waals surface area contributed by atoms with Gasteiger partial charge in [0, 0.05) is 23.2 Å². The number of hydrogen-bond donors (Lipinski definition) is 1. The summed E-state index contributed by atoms with van der Waals surface area (Å²) in [4.78, 5) is 14.3. The Labute approximate surface area is 138 Å². The SMILES string of the molecule is CCN(CC)c1ccc(C(=O)Nc2ccc(C)c(Br)c2)nn1. The number of nitrogens with one attached hydrogen (secondary N) is 1. The Balaban J connectivity index is 2.11. The second-order valence-corrected chi connectivity index (χ2v) is 5.72. The number of nitrogens with zero attached hydrogens (tertiary/aromatic N) is 3. The molecular weight excluding hydrogens is 344 g/mol. The van der Waals surface area contributed by atoms with E-state index in [2.05, 4.69) is 50.2 Å². The molecule has 0 aliphatic rings. The second kappa shape index (κ2) is 7.35. The normalized spacial score (nSPS) is 10.4. The van der Waals surface area contributed by atoms with Gasteiger partial charge in [-0.3, -0.25) is 4.79 Å². The highest BCUT2D eigenvalue weighted by atomic mass is 79.9. The summed E-state index contributed by atoms with van der Waals surface area (Å²) >= 11 is 3.45. The maximum atomic E-state index is 12.2. The molecule has 0 spiro atoms. The van der Waals surface area contributed by atoms with E-state index in [0.29, 0.717) is 5.69 Å². The van der Waals surface area contributed by atoms with E-state index >= 15 is 0 Å². The number of aryl methyl sites for hydroxylation is 1. The average Bonchev–Trinajstić information content (AvgIpc) is 2.53. The highest BCUT2D eigenvalue weighted by Gasteiger charge is 2.11. The molecule has 1 aromatic heterocycles. The minimum Gasteiger partial charge on any atom is -0.356 e. The van der Waals surface area contributed by atoms with Crippen molar-refractivity contribution >= 4 is 33.3 Å². The first-order valence-electron chi connectivity index (χ1n) is 7.21. The first kappa shape index (κ1) is 16.4. The summed E-state index contributed by atoms with van der Waals surface area (Å²) in [7, 11) is 0. The lowest BCUT2D eigenvalue weighted by Gasteiger charge is -2.18. The van der Waals surface area contributed by atoms with Gasteiger partial charge in [0.25, 0.3) is 5.91 Å². The van der Waals surface area contributed by atoms with Crippen molar-refractivity contribution in [3.8, 4) is 0 Å². The summed E-state index contributed by atoms with van der Waals surface area (Å²) in [5.41, 5.74) is 2.13. The Morgan fingerprint density at radius 3 is 2.45 bits per heavy atom. The molecule has 1 aromatic carbocycles. The summed E-state index contributed by atoms with van der Waals surface area (Å²) in [5.74, 6) is 0.508. The summed E-state index contributed by atoms with van der Waals surface area (Å²) in [6, 6.07) is 9.18. The van der Waals surface area contributed by atoms with Crippen LogP contribution in [0, 0.1) is 6.92 Å². The Kier molecular flexibility index (Phi) is 5.49. The molecule has 0 bridgehead atoms. The van der Waals surface area contributed by atoms with Crippen LogP contribution in [-0.2, 0) is 0 Å². The van der Waals surface area contributed by atoms with Gasteiger partial charge in [0.15, 0.2) is 11.5 Å². The van der Waals surface area contributed by atoms with Gasteiger partial charge >= 0.3 is 0 Å². The fraction of sp³-hybridized carbons (Fsp3) is 0.312. The molecule has 6 heteroatoms. The molecular formula is C16H19BrN4O. The van der Waals surface area contributed by atoms with Gasteiger partial charge in [0.1, 0.15) is 0 Å². The Hall–Kier alpha value is -1.95. The van der Waals surface area contributed by atoms with Crippen molar-refractivity contribution in [3.63, 3.8) is 0 Å². The number of carbonyl (C=O) groups excluding carboxylic acids is 1. The second-order valence-electron chi connectivity index (χ2n) is 4.87. The number of benzene rings is 1. The molecule has 0 aliphatic heterocycles. The van der Waals surface area contributed by atoms with Crippen LogP contribution in [0.4, 0.5) is 11.5 Å². The molecule has 1 heterocycles. The number of hydrogen-bond acceptors (Lipinski definition) is 4. The van der Waals surface area contributed by atoms with Crippen LogP contribution in [0.5, 0.6) is 0 Å². The summed E-state index contributed by atoms with van der Waals surface area (Å²) in [6.07, 6.45) is 0. The van der Waals surface area contributed by atoms with Crippen LogP contribution in [-0.4, -0.2) is 29.2 Å². The maximum Gasteiger partial charge on any atom is 0.276 e. The molecule has 22 heavy (non-hydrogen) atoms. The lowest BCUT2D eigenvalue weighted by Crippen LogP contribution is -2.24. The van der Waals surface area contributed by atoms with Gasteiger partial charge in [-0.15, -0.1) is 10.2 Å². The predicted octanol–water partition coefficient (Wildman–Crippen LogP) is 3.65. The van der Waals surface area contributed by atoms with E-state index in [1.54, 1.807) is 6.07 Å². The van der Waals surface area contributed by atoms with Gasteiger partial charge in [0.05, 0.1) is 0 Å².